The average molecular weight is 328 g/mol. The van der Waals surface area contributed by atoms with E-state index in [1.807, 2.05) is 12.1 Å². The van der Waals surface area contributed by atoms with Crippen molar-refractivity contribution < 1.29 is 4.92 Å². The summed E-state index contributed by atoms with van der Waals surface area (Å²) in [4.78, 5) is 13.1. The summed E-state index contributed by atoms with van der Waals surface area (Å²) in [5.74, 6) is 0. The molecule has 5 nitrogen and oxygen atoms in total. The van der Waals surface area contributed by atoms with E-state index >= 15 is 0 Å². The first kappa shape index (κ1) is 14.3. The molecule has 0 aromatic heterocycles. The molecule has 2 rings (SSSR count). The zero-order chi connectivity index (χ0) is 13.8. The minimum atomic E-state index is -0.300. The van der Waals surface area contributed by atoms with Gasteiger partial charge in [-0.25, -0.2) is 0 Å². The van der Waals surface area contributed by atoms with Crippen LogP contribution in [0.1, 0.15) is 19.8 Å². The lowest BCUT2D eigenvalue weighted by atomic mass is 10.1. The standard InChI is InChI=1S/C13H18BrN3O2/c1-2-7-16(11-5-6-15-9-11)12-4-3-10(14)8-13(12)17(18)19/h3-4,8,11,15H,2,5-7,9H2,1H3. The quantitative estimate of drug-likeness (QED) is 0.667. The first-order valence-electron chi connectivity index (χ1n) is 6.54. The molecule has 0 radical (unpaired) electrons. The minimum Gasteiger partial charge on any atom is -0.362 e. The molecule has 1 N–H and O–H groups in total. The van der Waals surface area contributed by atoms with Gasteiger partial charge in [0.05, 0.1) is 4.92 Å². The smallest absolute Gasteiger partial charge is 0.293 e. The van der Waals surface area contributed by atoms with Crippen LogP contribution in [0.2, 0.25) is 0 Å². The maximum absolute atomic E-state index is 11.2. The van der Waals surface area contributed by atoms with E-state index in [2.05, 4.69) is 33.1 Å². The van der Waals surface area contributed by atoms with Gasteiger partial charge in [0, 0.05) is 29.7 Å². The third-order valence-corrected chi connectivity index (χ3v) is 3.88. The largest absolute Gasteiger partial charge is 0.362 e. The monoisotopic (exact) mass is 327 g/mol. The Kier molecular flexibility index (Phi) is 4.76. The van der Waals surface area contributed by atoms with Gasteiger partial charge < -0.3 is 10.2 Å². The number of benzene rings is 1. The van der Waals surface area contributed by atoms with Gasteiger partial charge in [0.1, 0.15) is 5.69 Å². The number of nitrogens with zero attached hydrogens (tertiary/aromatic N) is 2. The van der Waals surface area contributed by atoms with E-state index in [1.165, 1.54) is 0 Å². The molecule has 1 atom stereocenters. The van der Waals surface area contributed by atoms with Gasteiger partial charge in [0.2, 0.25) is 0 Å². The summed E-state index contributed by atoms with van der Waals surface area (Å²) in [6, 6.07) is 5.64. The fourth-order valence-corrected chi connectivity index (χ4v) is 2.88. The Morgan fingerprint density at radius 1 is 1.58 bits per heavy atom. The topological polar surface area (TPSA) is 58.4 Å². The Labute approximate surface area is 121 Å². The van der Waals surface area contributed by atoms with E-state index in [0.29, 0.717) is 6.04 Å². The van der Waals surface area contributed by atoms with Crippen molar-refractivity contribution in [2.45, 2.75) is 25.8 Å². The summed E-state index contributed by atoms with van der Waals surface area (Å²) in [6.07, 6.45) is 2.01. The maximum atomic E-state index is 11.2. The van der Waals surface area contributed by atoms with Gasteiger partial charge in [-0.1, -0.05) is 22.9 Å². The van der Waals surface area contributed by atoms with Crippen molar-refractivity contribution >= 4 is 27.3 Å². The van der Waals surface area contributed by atoms with Crippen molar-refractivity contribution in [1.82, 2.24) is 5.32 Å². The van der Waals surface area contributed by atoms with Gasteiger partial charge in [-0.3, -0.25) is 10.1 Å². The van der Waals surface area contributed by atoms with Crippen molar-refractivity contribution in [3.63, 3.8) is 0 Å². The van der Waals surface area contributed by atoms with Crippen LogP contribution < -0.4 is 10.2 Å². The van der Waals surface area contributed by atoms with Crippen molar-refractivity contribution in [2.24, 2.45) is 0 Å². The molecule has 6 heteroatoms. The van der Waals surface area contributed by atoms with Gasteiger partial charge in [-0.2, -0.15) is 0 Å². The Bertz CT molecular complexity index is 461. The van der Waals surface area contributed by atoms with Crippen LogP contribution in [0.5, 0.6) is 0 Å². The third kappa shape index (κ3) is 3.25. The molecule has 0 spiro atoms. The van der Waals surface area contributed by atoms with Gasteiger partial charge in [0.15, 0.2) is 0 Å². The highest BCUT2D eigenvalue weighted by atomic mass is 79.9. The Hall–Kier alpha value is -1.14. The van der Waals surface area contributed by atoms with Crippen LogP contribution in [0.3, 0.4) is 0 Å². The van der Waals surface area contributed by atoms with Crippen LogP contribution in [-0.2, 0) is 0 Å². The van der Waals surface area contributed by atoms with Crippen LogP contribution in [0.25, 0.3) is 0 Å². The lowest BCUT2D eigenvalue weighted by molar-refractivity contribution is -0.384. The third-order valence-electron chi connectivity index (χ3n) is 3.38. The summed E-state index contributed by atoms with van der Waals surface area (Å²) >= 11 is 3.30. The average Bonchev–Trinajstić information content (AvgIpc) is 2.90. The van der Waals surface area contributed by atoms with Crippen molar-refractivity contribution in [3.8, 4) is 0 Å². The maximum Gasteiger partial charge on any atom is 0.293 e. The second-order valence-electron chi connectivity index (χ2n) is 4.73. The molecule has 0 aliphatic carbocycles. The fraction of sp³-hybridized carbons (Fsp3) is 0.538. The number of nitrogens with one attached hydrogen (secondary N) is 1. The summed E-state index contributed by atoms with van der Waals surface area (Å²) < 4.78 is 0.740. The predicted molar refractivity (Wildman–Crippen MR) is 79.7 cm³/mol. The van der Waals surface area contributed by atoms with Gasteiger partial charge >= 0.3 is 0 Å². The van der Waals surface area contributed by atoms with Crippen molar-refractivity contribution in [3.05, 3.63) is 32.8 Å². The van der Waals surface area contributed by atoms with Crippen LogP contribution in [0.4, 0.5) is 11.4 Å². The lowest BCUT2D eigenvalue weighted by Gasteiger charge is -2.30. The second-order valence-corrected chi connectivity index (χ2v) is 5.65. The highest BCUT2D eigenvalue weighted by Crippen LogP contribution is 2.33. The van der Waals surface area contributed by atoms with Gasteiger partial charge in [-0.15, -0.1) is 0 Å². The van der Waals surface area contributed by atoms with Crippen LogP contribution >= 0.6 is 15.9 Å². The van der Waals surface area contributed by atoms with E-state index < -0.39 is 0 Å². The van der Waals surface area contributed by atoms with E-state index in [0.717, 1.165) is 42.6 Å². The number of anilines is 1. The molecule has 1 aliphatic rings. The highest BCUT2D eigenvalue weighted by Gasteiger charge is 2.27. The number of rotatable bonds is 5. The number of nitro groups is 1. The van der Waals surface area contributed by atoms with Crippen LogP contribution in [0, 0.1) is 10.1 Å². The summed E-state index contributed by atoms with van der Waals surface area (Å²) in [7, 11) is 0. The van der Waals surface area contributed by atoms with E-state index in [4.69, 9.17) is 0 Å². The van der Waals surface area contributed by atoms with Crippen molar-refractivity contribution in [2.75, 3.05) is 24.5 Å². The SMILES string of the molecule is CCCN(c1ccc(Br)cc1[N+](=O)[O-])C1CCNC1. The number of hydrogen-bond donors (Lipinski definition) is 1. The molecule has 1 heterocycles. The molecule has 19 heavy (non-hydrogen) atoms. The predicted octanol–water partition coefficient (Wildman–Crippen LogP) is 2.94. The molecule has 1 aromatic rings. The van der Waals surface area contributed by atoms with E-state index in [9.17, 15) is 10.1 Å². The molecule has 0 bridgehead atoms. The molecule has 1 saturated heterocycles. The normalized spacial score (nSPS) is 18.5. The van der Waals surface area contributed by atoms with Crippen LogP contribution in [0.15, 0.2) is 22.7 Å². The minimum absolute atomic E-state index is 0.176. The Morgan fingerprint density at radius 3 is 2.95 bits per heavy atom. The molecule has 0 saturated carbocycles. The number of halogens is 1. The molecule has 1 fully saturated rings. The molecule has 1 unspecified atom stereocenters. The Morgan fingerprint density at radius 2 is 2.37 bits per heavy atom. The van der Waals surface area contributed by atoms with Crippen molar-refractivity contribution in [1.29, 1.82) is 0 Å². The first-order valence-corrected chi connectivity index (χ1v) is 7.34. The van der Waals surface area contributed by atoms with Crippen LogP contribution in [-0.4, -0.2) is 30.6 Å². The van der Waals surface area contributed by atoms with Gasteiger partial charge in [-0.05, 0) is 31.5 Å². The van der Waals surface area contributed by atoms with E-state index in [-0.39, 0.29) is 10.6 Å². The molecule has 104 valence electrons. The second kappa shape index (κ2) is 6.34. The highest BCUT2D eigenvalue weighted by molar-refractivity contribution is 9.10. The fourth-order valence-electron chi connectivity index (χ4n) is 2.53. The number of nitro benzene ring substituents is 1. The lowest BCUT2D eigenvalue weighted by Crippen LogP contribution is -2.37. The Balaban J connectivity index is 2.37. The summed E-state index contributed by atoms with van der Waals surface area (Å²) in [5, 5.41) is 14.6. The number of hydrogen-bond acceptors (Lipinski definition) is 4. The molecule has 0 amide bonds. The summed E-state index contributed by atoms with van der Waals surface area (Å²) in [6.45, 7) is 4.82. The first-order chi connectivity index (χ1) is 9.13. The summed E-state index contributed by atoms with van der Waals surface area (Å²) in [5.41, 5.74) is 0.901. The molecular formula is C13H18BrN3O2. The zero-order valence-electron chi connectivity index (χ0n) is 10.9. The van der Waals surface area contributed by atoms with Gasteiger partial charge in [0.25, 0.3) is 5.69 Å². The molecular weight excluding hydrogens is 310 g/mol. The van der Waals surface area contributed by atoms with E-state index in [1.54, 1.807) is 6.07 Å². The molecule has 1 aromatic carbocycles. The molecule has 1 aliphatic heterocycles. The zero-order valence-corrected chi connectivity index (χ0v) is 12.5.